The van der Waals surface area contributed by atoms with Crippen molar-refractivity contribution in [3.63, 3.8) is 0 Å². The molecule has 17 heavy (non-hydrogen) atoms. The van der Waals surface area contributed by atoms with E-state index in [0.717, 1.165) is 6.07 Å². The fourth-order valence-corrected chi connectivity index (χ4v) is 2.06. The summed E-state index contributed by atoms with van der Waals surface area (Å²) in [6, 6.07) is 3.10. The predicted molar refractivity (Wildman–Crippen MR) is 53.0 cm³/mol. The smallest absolute Gasteiger partial charge is 0.299 e. The van der Waals surface area contributed by atoms with Gasteiger partial charge in [0, 0.05) is 5.56 Å². The molecule has 5 heteroatoms. The van der Waals surface area contributed by atoms with Crippen molar-refractivity contribution in [2.45, 2.75) is 31.4 Å². The number of halogens is 4. The lowest BCUT2D eigenvalue weighted by atomic mass is 9.90. The van der Waals surface area contributed by atoms with Crippen molar-refractivity contribution in [3.05, 3.63) is 35.1 Å². The highest BCUT2D eigenvalue weighted by Crippen LogP contribution is 2.51. The Bertz CT molecular complexity index is 472. The molecule has 1 nitrogen and oxygen atoms in total. The SMILES string of the molecule is CC(=O)C1(c2cccc(C(F)(F)F)c2F)CC1. The third-order valence-electron chi connectivity index (χ3n) is 3.24. The second-order valence-corrected chi connectivity index (χ2v) is 4.30. The molecule has 0 radical (unpaired) electrons. The van der Waals surface area contributed by atoms with Crippen LogP contribution in [0.4, 0.5) is 17.6 Å². The average Bonchev–Trinajstić information content (AvgIpc) is 2.97. The Labute approximate surface area is 95.4 Å². The maximum atomic E-state index is 13.8. The Morgan fingerprint density at radius 3 is 2.29 bits per heavy atom. The van der Waals surface area contributed by atoms with E-state index < -0.39 is 23.0 Å². The van der Waals surface area contributed by atoms with Gasteiger partial charge in [0.2, 0.25) is 0 Å². The van der Waals surface area contributed by atoms with Crippen LogP contribution in [-0.2, 0) is 16.4 Å². The molecule has 1 aliphatic carbocycles. The molecule has 0 amide bonds. The second-order valence-electron chi connectivity index (χ2n) is 4.30. The zero-order valence-corrected chi connectivity index (χ0v) is 9.07. The van der Waals surface area contributed by atoms with E-state index in [9.17, 15) is 22.4 Å². The van der Waals surface area contributed by atoms with Gasteiger partial charge in [-0.05, 0) is 25.8 Å². The lowest BCUT2D eigenvalue weighted by molar-refractivity contribution is -0.140. The number of hydrogen-bond acceptors (Lipinski definition) is 1. The van der Waals surface area contributed by atoms with Gasteiger partial charge >= 0.3 is 6.18 Å². The molecule has 1 aromatic rings. The van der Waals surface area contributed by atoms with Gasteiger partial charge in [-0.2, -0.15) is 13.2 Å². The van der Waals surface area contributed by atoms with Gasteiger partial charge in [-0.15, -0.1) is 0 Å². The van der Waals surface area contributed by atoms with E-state index >= 15 is 0 Å². The summed E-state index contributed by atoms with van der Waals surface area (Å²) in [4.78, 5) is 11.4. The number of alkyl halides is 3. The lowest BCUT2D eigenvalue weighted by Crippen LogP contribution is -2.21. The van der Waals surface area contributed by atoms with Crippen LogP contribution < -0.4 is 0 Å². The summed E-state index contributed by atoms with van der Waals surface area (Å²) in [6.07, 6.45) is -3.89. The van der Waals surface area contributed by atoms with E-state index in [1.165, 1.54) is 13.0 Å². The molecule has 0 heterocycles. The molecule has 92 valence electrons. The van der Waals surface area contributed by atoms with Crippen LogP contribution in [0.3, 0.4) is 0 Å². The number of Topliss-reactive ketones (excluding diaryl/α,β-unsaturated/α-hetero) is 1. The first kappa shape index (κ1) is 12.1. The summed E-state index contributed by atoms with van der Waals surface area (Å²) >= 11 is 0. The minimum Gasteiger partial charge on any atom is -0.299 e. The second kappa shape index (κ2) is 3.55. The standard InChI is InChI=1S/C12H10F4O/c1-7(17)11(5-6-11)8-3-2-4-9(10(8)13)12(14,15)16/h2-4H,5-6H2,1H3. The molecule has 0 aromatic heterocycles. The molecular formula is C12H10F4O. The highest BCUT2D eigenvalue weighted by atomic mass is 19.4. The third-order valence-corrected chi connectivity index (χ3v) is 3.24. The Balaban J connectivity index is 2.55. The van der Waals surface area contributed by atoms with Crippen LogP contribution in [0.2, 0.25) is 0 Å². The summed E-state index contributed by atoms with van der Waals surface area (Å²) in [5.74, 6) is -1.59. The van der Waals surface area contributed by atoms with Crippen molar-refractivity contribution in [1.82, 2.24) is 0 Å². The summed E-state index contributed by atoms with van der Waals surface area (Å²) < 4.78 is 51.3. The molecule has 1 saturated carbocycles. The van der Waals surface area contributed by atoms with E-state index in [1.807, 2.05) is 0 Å². The predicted octanol–water partition coefficient (Wildman–Crippen LogP) is 3.47. The first-order chi connectivity index (χ1) is 7.79. The van der Waals surface area contributed by atoms with Gasteiger partial charge in [-0.1, -0.05) is 12.1 Å². The fourth-order valence-electron chi connectivity index (χ4n) is 2.06. The van der Waals surface area contributed by atoms with E-state index in [1.54, 1.807) is 0 Å². The van der Waals surface area contributed by atoms with Crippen molar-refractivity contribution in [1.29, 1.82) is 0 Å². The summed E-state index contributed by atoms with van der Waals surface area (Å²) in [6.45, 7) is 1.28. The van der Waals surface area contributed by atoms with Gasteiger partial charge in [-0.25, -0.2) is 4.39 Å². The maximum absolute atomic E-state index is 13.8. The summed E-state index contributed by atoms with van der Waals surface area (Å²) in [5, 5.41) is 0. The van der Waals surface area contributed by atoms with Crippen LogP contribution in [0.1, 0.15) is 30.9 Å². The molecule has 1 aromatic carbocycles. The van der Waals surface area contributed by atoms with Crippen molar-refractivity contribution in [2.24, 2.45) is 0 Å². The molecule has 0 unspecified atom stereocenters. The number of carbonyl (C=O) groups is 1. The Morgan fingerprint density at radius 2 is 1.88 bits per heavy atom. The number of benzene rings is 1. The monoisotopic (exact) mass is 246 g/mol. The molecule has 0 bridgehead atoms. The van der Waals surface area contributed by atoms with E-state index in [-0.39, 0.29) is 11.3 Å². The largest absolute Gasteiger partial charge is 0.419 e. The molecule has 1 fully saturated rings. The van der Waals surface area contributed by atoms with Crippen LogP contribution in [-0.4, -0.2) is 5.78 Å². The molecule has 2 rings (SSSR count). The number of rotatable bonds is 2. The maximum Gasteiger partial charge on any atom is 0.419 e. The van der Waals surface area contributed by atoms with Crippen molar-refractivity contribution in [2.75, 3.05) is 0 Å². The summed E-state index contributed by atoms with van der Waals surface area (Å²) in [7, 11) is 0. The minimum atomic E-state index is -4.73. The average molecular weight is 246 g/mol. The fraction of sp³-hybridized carbons (Fsp3) is 0.417. The zero-order valence-electron chi connectivity index (χ0n) is 9.07. The quantitative estimate of drug-likeness (QED) is 0.730. The highest BCUT2D eigenvalue weighted by molar-refractivity contribution is 5.91. The van der Waals surface area contributed by atoms with Crippen molar-refractivity contribution < 1.29 is 22.4 Å². The molecule has 0 saturated heterocycles. The lowest BCUT2D eigenvalue weighted by Gasteiger charge is -2.16. The number of ketones is 1. The molecule has 0 atom stereocenters. The van der Waals surface area contributed by atoms with Gasteiger partial charge in [0.05, 0.1) is 11.0 Å². The third kappa shape index (κ3) is 1.83. The van der Waals surface area contributed by atoms with Gasteiger partial charge < -0.3 is 0 Å². The van der Waals surface area contributed by atoms with Gasteiger partial charge in [0.25, 0.3) is 0 Å². The van der Waals surface area contributed by atoms with Crippen molar-refractivity contribution >= 4 is 5.78 Å². The van der Waals surface area contributed by atoms with Gasteiger partial charge in [0.1, 0.15) is 11.6 Å². The molecule has 1 aliphatic rings. The van der Waals surface area contributed by atoms with Gasteiger partial charge in [-0.3, -0.25) is 4.79 Å². The highest BCUT2D eigenvalue weighted by Gasteiger charge is 2.51. The van der Waals surface area contributed by atoms with Crippen LogP contribution in [0.5, 0.6) is 0 Å². The molecule has 0 N–H and O–H groups in total. The topological polar surface area (TPSA) is 17.1 Å². The summed E-state index contributed by atoms with van der Waals surface area (Å²) in [5.41, 5.74) is -2.45. The first-order valence-corrected chi connectivity index (χ1v) is 5.16. The van der Waals surface area contributed by atoms with Crippen LogP contribution in [0, 0.1) is 5.82 Å². The molecular weight excluding hydrogens is 236 g/mol. The van der Waals surface area contributed by atoms with Crippen LogP contribution in [0.15, 0.2) is 18.2 Å². The van der Waals surface area contributed by atoms with Crippen LogP contribution in [0.25, 0.3) is 0 Å². The number of carbonyl (C=O) groups excluding carboxylic acids is 1. The Morgan fingerprint density at radius 1 is 1.29 bits per heavy atom. The van der Waals surface area contributed by atoms with E-state index in [4.69, 9.17) is 0 Å². The Hall–Kier alpha value is -1.39. The first-order valence-electron chi connectivity index (χ1n) is 5.16. The van der Waals surface area contributed by atoms with Gasteiger partial charge in [0.15, 0.2) is 0 Å². The van der Waals surface area contributed by atoms with E-state index in [0.29, 0.717) is 18.9 Å². The normalized spacial score (nSPS) is 17.9. The molecule has 0 spiro atoms. The Kier molecular flexibility index (Phi) is 2.52. The number of hydrogen-bond donors (Lipinski definition) is 0. The minimum absolute atomic E-state index is 0.125. The molecule has 0 aliphatic heterocycles. The van der Waals surface area contributed by atoms with Crippen molar-refractivity contribution in [3.8, 4) is 0 Å². The van der Waals surface area contributed by atoms with Crippen LogP contribution >= 0.6 is 0 Å². The van der Waals surface area contributed by atoms with E-state index in [2.05, 4.69) is 0 Å². The zero-order chi connectivity index (χ0) is 12.8.